The molecule has 0 N–H and O–H groups in total. The molecule has 2 aromatic rings. The van der Waals surface area contributed by atoms with Crippen LogP contribution in [0.4, 0.5) is 0 Å². The van der Waals surface area contributed by atoms with Crippen molar-refractivity contribution < 1.29 is 4.84 Å². The van der Waals surface area contributed by atoms with Gasteiger partial charge in [0.1, 0.15) is 18.5 Å². The van der Waals surface area contributed by atoms with Gasteiger partial charge in [0.15, 0.2) is 5.65 Å². The van der Waals surface area contributed by atoms with Crippen molar-refractivity contribution in [3.63, 3.8) is 0 Å². The van der Waals surface area contributed by atoms with Gasteiger partial charge in [0.25, 0.3) is 0 Å². The predicted octanol–water partition coefficient (Wildman–Crippen LogP) is 1.19. The van der Waals surface area contributed by atoms with E-state index in [0.717, 1.165) is 16.7 Å². The molecule has 0 radical (unpaired) electrons. The van der Waals surface area contributed by atoms with Crippen LogP contribution in [0.1, 0.15) is 12.5 Å². The first kappa shape index (κ1) is 8.04. The second-order valence-corrected chi connectivity index (χ2v) is 2.84. The smallest absolute Gasteiger partial charge is 0.181 e. The molecule has 68 valence electrons. The van der Waals surface area contributed by atoms with Gasteiger partial charge in [0, 0.05) is 6.20 Å². The van der Waals surface area contributed by atoms with E-state index in [4.69, 9.17) is 4.84 Å². The molecule has 0 bridgehead atoms. The molecule has 0 aliphatic carbocycles. The molecule has 0 aliphatic rings. The topological polar surface area (TPSA) is 39.9 Å². The second kappa shape index (κ2) is 3.05. The first-order chi connectivity index (χ1) is 6.31. The molecule has 4 heteroatoms. The second-order valence-electron chi connectivity index (χ2n) is 2.84. The summed E-state index contributed by atoms with van der Waals surface area (Å²) in [6.07, 6.45) is 3.44. The molecule has 0 amide bonds. The van der Waals surface area contributed by atoms with Crippen LogP contribution in [0, 0.1) is 6.92 Å². The van der Waals surface area contributed by atoms with E-state index < -0.39 is 0 Å². The van der Waals surface area contributed by atoms with Crippen molar-refractivity contribution in [2.24, 2.45) is 0 Å². The Labute approximate surface area is 76.1 Å². The van der Waals surface area contributed by atoms with Crippen molar-refractivity contribution >= 4 is 11.2 Å². The number of nitrogens with zero attached hydrogens (tertiary/aromatic N) is 3. The van der Waals surface area contributed by atoms with Gasteiger partial charge in [0.05, 0.1) is 0 Å². The molecule has 2 aromatic heterocycles. The van der Waals surface area contributed by atoms with E-state index in [0.29, 0.717) is 6.61 Å². The van der Waals surface area contributed by atoms with Gasteiger partial charge in [-0.3, -0.25) is 0 Å². The van der Waals surface area contributed by atoms with Gasteiger partial charge in [-0.05, 0) is 25.5 Å². The number of pyridine rings is 1. The average Bonchev–Trinajstić information content (AvgIpc) is 2.49. The van der Waals surface area contributed by atoms with Crippen LogP contribution in [0.5, 0.6) is 0 Å². The molecule has 0 aliphatic heterocycles. The molecule has 13 heavy (non-hydrogen) atoms. The molecule has 0 unspecified atom stereocenters. The lowest BCUT2D eigenvalue weighted by molar-refractivity contribution is 0.131. The summed E-state index contributed by atoms with van der Waals surface area (Å²) in [7, 11) is 0. The van der Waals surface area contributed by atoms with Crippen LogP contribution in [0.15, 0.2) is 18.6 Å². The van der Waals surface area contributed by atoms with Crippen LogP contribution in [0.3, 0.4) is 0 Å². The van der Waals surface area contributed by atoms with Crippen molar-refractivity contribution in [2.75, 3.05) is 6.61 Å². The Morgan fingerprint density at radius 1 is 1.46 bits per heavy atom. The molecule has 0 atom stereocenters. The molecule has 0 saturated heterocycles. The average molecular weight is 177 g/mol. The van der Waals surface area contributed by atoms with Crippen LogP contribution in [-0.2, 0) is 0 Å². The summed E-state index contributed by atoms with van der Waals surface area (Å²) in [4.78, 5) is 13.6. The largest absolute Gasteiger partial charge is 0.413 e. The molecular formula is C9H11N3O. The fourth-order valence-corrected chi connectivity index (χ4v) is 1.22. The van der Waals surface area contributed by atoms with Gasteiger partial charge in [-0.2, -0.15) is 4.73 Å². The zero-order chi connectivity index (χ0) is 9.26. The third kappa shape index (κ3) is 1.35. The minimum atomic E-state index is 0.624. The Morgan fingerprint density at radius 3 is 3.08 bits per heavy atom. The maximum atomic E-state index is 5.33. The Hall–Kier alpha value is -1.58. The fourth-order valence-electron chi connectivity index (χ4n) is 1.22. The molecule has 2 heterocycles. The van der Waals surface area contributed by atoms with E-state index in [2.05, 4.69) is 9.97 Å². The summed E-state index contributed by atoms with van der Waals surface area (Å²) in [6.45, 7) is 4.56. The highest BCUT2D eigenvalue weighted by Gasteiger charge is 2.03. The van der Waals surface area contributed by atoms with Gasteiger partial charge in [-0.1, -0.05) is 0 Å². The third-order valence-electron chi connectivity index (χ3n) is 1.77. The van der Waals surface area contributed by atoms with Gasteiger partial charge in [-0.25, -0.2) is 9.97 Å². The van der Waals surface area contributed by atoms with Gasteiger partial charge >= 0.3 is 0 Å². The first-order valence-electron chi connectivity index (χ1n) is 4.24. The van der Waals surface area contributed by atoms with Crippen molar-refractivity contribution in [1.29, 1.82) is 0 Å². The van der Waals surface area contributed by atoms with E-state index in [1.165, 1.54) is 0 Å². The highest BCUT2D eigenvalue weighted by atomic mass is 16.7. The van der Waals surface area contributed by atoms with Gasteiger partial charge in [-0.15, -0.1) is 0 Å². The molecule has 0 aromatic carbocycles. The summed E-state index contributed by atoms with van der Waals surface area (Å²) in [5, 5.41) is 0. The molecule has 4 nitrogen and oxygen atoms in total. The number of aromatic nitrogens is 3. The van der Waals surface area contributed by atoms with E-state index in [9.17, 15) is 0 Å². The van der Waals surface area contributed by atoms with Gasteiger partial charge in [0.2, 0.25) is 0 Å². The molecule has 0 spiro atoms. The quantitative estimate of drug-likeness (QED) is 0.691. The number of hydrogen-bond donors (Lipinski definition) is 0. The minimum absolute atomic E-state index is 0.624. The normalized spacial score (nSPS) is 10.6. The number of imidazole rings is 1. The highest BCUT2D eigenvalue weighted by Crippen LogP contribution is 2.09. The molecule has 0 saturated carbocycles. The zero-order valence-electron chi connectivity index (χ0n) is 7.69. The summed E-state index contributed by atoms with van der Waals surface area (Å²) in [5.41, 5.74) is 2.75. The summed E-state index contributed by atoms with van der Waals surface area (Å²) >= 11 is 0. The van der Waals surface area contributed by atoms with Crippen LogP contribution < -0.4 is 4.84 Å². The zero-order valence-corrected chi connectivity index (χ0v) is 7.69. The molecular weight excluding hydrogens is 166 g/mol. The van der Waals surface area contributed by atoms with Crippen molar-refractivity contribution in [2.45, 2.75) is 13.8 Å². The standard InChI is InChI=1S/C9H11N3O/c1-3-13-12-6-11-9-8(12)4-7(2)5-10-9/h4-6H,3H2,1-2H3. The Bertz CT molecular complexity index is 422. The molecule has 2 rings (SSSR count). The summed E-state index contributed by atoms with van der Waals surface area (Å²) < 4.78 is 1.65. The first-order valence-corrected chi connectivity index (χ1v) is 4.24. The number of aryl methyl sites for hydroxylation is 1. The fraction of sp³-hybridized carbons (Fsp3) is 0.333. The van der Waals surface area contributed by atoms with E-state index in [1.807, 2.05) is 19.9 Å². The Balaban J connectivity index is 2.58. The predicted molar refractivity (Wildman–Crippen MR) is 49.4 cm³/mol. The van der Waals surface area contributed by atoms with E-state index in [1.54, 1.807) is 17.3 Å². The number of rotatable bonds is 2. The van der Waals surface area contributed by atoms with E-state index >= 15 is 0 Å². The van der Waals surface area contributed by atoms with Crippen LogP contribution in [0.25, 0.3) is 11.2 Å². The maximum Gasteiger partial charge on any atom is 0.181 e. The van der Waals surface area contributed by atoms with Crippen molar-refractivity contribution in [3.05, 3.63) is 24.2 Å². The number of hydrogen-bond acceptors (Lipinski definition) is 3. The lowest BCUT2D eigenvalue weighted by Crippen LogP contribution is -2.08. The summed E-state index contributed by atoms with van der Waals surface area (Å²) in [5.74, 6) is 0. The van der Waals surface area contributed by atoms with Gasteiger partial charge < -0.3 is 4.84 Å². The third-order valence-corrected chi connectivity index (χ3v) is 1.77. The minimum Gasteiger partial charge on any atom is -0.413 e. The van der Waals surface area contributed by atoms with Crippen molar-refractivity contribution in [3.8, 4) is 0 Å². The van der Waals surface area contributed by atoms with Crippen LogP contribution >= 0.6 is 0 Å². The number of fused-ring (bicyclic) bond motifs is 1. The van der Waals surface area contributed by atoms with E-state index in [-0.39, 0.29) is 0 Å². The maximum absolute atomic E-state index is 5.33. The van der Waals surface area contributed by atoms with Crippen LogP contribution in [0.2, 0.25) is 0 Å². The highest BCUT2D eigenvalue weighted by molar-refractivity contribution is 5.70. The van der Waals surface area contributed by atoms with Crippen molar-refractivity contribution in [1.82, 2.24) is 14.7 Å². The monoisotopic (exact) mass is 177 g/mol. The Kier molecular flexibility index (Phi) is 1.88. The lowest BCUT2D eigenvalue weighted by Gasteiger charge is -2.03. The SMILES string of the molecule is CCOn1cnc2ncc(C)cc21. The molecule has 0 fully saturated rings. The summed E-state index contributed by atoms with van der Waals surface area (Å²) in [6, 6.07) is 2.00. The Morgan fingerprint density at radius 2 is 2.31 bits per heavy atom. The van der Waals surface area contributed by atoms with Crippen LogP contribution in [-0.4, -0.2) is 21.3 Å². The lowest BCUT2D eigenvalue weighted by atomic mass is 10.3.